The van der Waals surface area contributed by atoms with Gasteiger partial charge in [-0.1, -0.05) is 31.5 Å². The molecular formula is C12H16ClNO. The van der Waals surface area contributed by atoms with Gasteiger partial charge in [-0.2, -0.15) is 0 Å². The highest BCUT2D eigenvalue weighted by Crippen LogP contribution is 2.39. The van der Waals surface area contributed by atoms with Gasteiger partial charge in [0.25, 0.3) is 0 Å². The molecule has 1 aromatic carbocycles. The highest BCUT2D eigenvalue weighted by molar-refractivity contribution is 6.33. The smallest absolute Gasteiger partial charge is 0.144 e. The maximum absolute atomic E-state index is 6.08. The SMILES string of the molecule is CCC1(CC)CNc2c(Cl)cccc2O1. The van der Waals surface area contributed by atoms with Gasteiger partial charge in [0.2, 0.25) is 0 Å². The Morgan fingerprint density at radius 3 is 2.80 bits per heavy atom. The van der Waals surface area contributed by atoms with Crippen LogP contribution in [0.15, 0.2) is 18.2 Å². The van der Waals surface area contributed by atoms with Gasteiger partial charge < -0.3 is 10.1 Å². The summed E-state index contributed by atoms with van der Waals surface area (Å²) in [7, 11) is 0. The van der Waals surface area contributed by atoms with Crippen LogP contribution in [0.25, 0.3) is 0 Å². The minimum atomic E-state index is -0.0717. The third-order valence-electron chi connectivity index (χ3n) is 3.18. The van der Waals surface area contributed by atoms with Gasteiger partial charge in [0.05, 0.1) is 17.3 Å². The number of nitrogens with one attached hydrogen (secondary N) is 1. The number of halogens is 1. The molecule has 0 aromatic heterocycles. The van der Waals surface area contributed by atoms with Gasteiger partial charge in [0.1, 0.15) is 11.4 Å². The number of fused-ring (bicyclic) bond motifs is 1. The molecule has 1 N–H and O–H groups in total. The molecule has 0 atom stereocenters. The Labute approximate surface area is 95.6 Å². The zero-order valence-corrected chi connectivity index (χ0v) is 9.90. The Morgan fingerprint density at radius 1 is 1.40 bits per heavy atom. The summed E-state index contributed by atoms with van der Waals surface area (Å²) in [4.78, 5) is 0. The molecule has 0 saturated heterocycles. The first-order chi connectivity index (χ1) is 7.21. The molecule has 0 fully saturated rings. The third-order valence-corrected chi connectivity index (χ3v) is 3.49. The first kappa shape index (κ1) is 10.6. The molecule has 15 heavy (non-hydrogen) atoms. The molecule has 0 aliphatic carbocycles. The average molecular weight is 226 g/mol. The number of anilines is 1. The Kier molecular flexibility index (Phi) is 2.79. The zero-order chi connectivity index (χ0) is 10.9. The van der Waals surface area contributed by atoms with E-state index in [9.17, 15) is 0 Å². The van der Waals surface area contributed by atoms with Crippen molar-refractivity contribution in [2.24, 2.45) is 0 Å². The maximum atomic E-state index is 6.08. The van der Waals surface area contributed by atoms with Crippen LogP contribution < -0.4 is 10.1 Å². The molecule has 3 heteroatoms. The summed E-state index contributed by atoms with van der Waals surface area (Å²) in [5, 5.41) is 4.10. The van der Waals surface area contributed by atoms with Crippen LogP contribution in [0.2, 0.25) is 5.02 Å². The lowest BCUT2D eigenvalue weighted by Crippen LogP contribution is -2.44. The topological polar surface area (TPSA) is 21.3 Å². The van der Waals surface area contributed by atoms with Gasteiger partial charge in [0.15, 0.2) is 0 Å². The quantitative estimate of drug-likeness (QED) is 0.829. The molecule has 1 aromatic rings. The van der Waals surface area contributed by atoms with Gasteiger partial charge in [0, 0.05) is 0 Å². The lowest BCUT2D eigenvalue weighted by atomic mass is 9.95. The van der Waals surface area contributed by atoms with Gasteiger partial charge in [-0.15, -0.1) is 0 Å². The number of hydrogen-bond donors (Lipinski definition) is 1. The molecule has 2 rings (SSSR count). The van der Waals surface area contributed by atoms with Crippen molar-refractivity contribution < 1.29 is 4.74 Å². The van der Waals surface area contributed by atoms with E-state index >= 15 is 0 Å². The summed E-state index contributed by atoms with van der Waals surface area (Å²) in [5.74, 6) is 0.873. The van der Waals surface area contributed by atoms with Crippen LogP contribution in [0.3, 0.4) is 0 Å². The van der Waals surface area contributed by atoms with Crippen LogP contribution in [0.5, 0.6) is 5.75 Å². The monoisotopic (exact) mass is 225 g/mol. The molecule has 0 unspecified atom stereocenters. The van der Waals surface area contributed by atoms with E-state index in [2.05, 4.69) is 19.2 Å². The predicted octanol–water partition coefficient (Wildman–Crippen LogP) is 3.70. The highest BCUT2D eigenvalue weighted by Gasteiger charge is 2.33. The molecule has 2 nitrogen and oxygen atoms in total. The van der Waals surface area contributed by atoms with Crippen LogP contribution >= 0.6 is 11.6 Å². The number of benzene rings is 1. The van der Waals surface area contributed by atoms with E-state index < -0.39 is 0 Å². The second kappa shape index (κ2) is 3.93. The number of para-hydroxylation sites is 1. The van der Waals surface area contributed by atoms with Crippen molar-refractivity contribution in [3.05, 3.63) is 23.2 Å². The van der Waals surface area contributed by atoms with E-state index in [1.165, 1.54) is 0 Å². The molecule has 0 radical (unpaired) electrons. The molecule has 0 spiro atoms. The maximum Gasteiger partial charge on any atom is 0.144 e. The van der Waals surface area contributed by atoms with Crippen LogP contribution in [-0.2, 0) is 0 Å². The number of ether oxygens (including phenoxy) is 1. The molecule has 82 valence electrons. The minimum absolute atomic E-state index is 0.0717. The highest BCUT2D eigenvalue weighted by atomic mass is 35.5. The molecule has 0 amide bonds. The van der Waals surface area contributed by atoms with Crippen LogP contribution in [-0.4, -0.2) is 12.1 Å². The molecular weight excluding hydrogens is 210 g/mol. The van der Waals surface area contributed by atoms with Crippen molar-refractivity contribution in [3.8, 4) is 5.75 Å². The first-order valence-electron chi connectivity index (χ1n) is 5.42. The van der Waals surface area contributed by atoms with Crippen molar-refractivity contribution in [3.63, 3.8) is 0 Å². The van der Waals surface area contributed by atoms with E-state index in [0.717, 1.165) is 35.8 Å². The fourth-order valence-corrected chi connectivity index (χ4v) is 2.16. The summed E-state index contributed by atoms with van der Waals surface area (Å²) < 4.78 is 6.05. The summed E-state index contributed by atoms with van der Waals surface area (Å²) in [6, 6.07) is 5.76. The Morgan fingerprint density at radius 2 is 2.13 bits per heavy atom. The summed E-state index contributed by atoms with van der Waals surface area (Å²) in [6.45, 7) is 5.14. The van der Waals surface area contributed by atoms with E-state index in [1.807, 2.05) is 18.2 Å². The van der Waals surface area contributed by atoms with Crippen molar-refractivity contribution in [2.45, 2.75) is 32.3 Å². The average Bonchev–Trinajstić information content (AvgIpc) is 2.29. The molecule has 1 aliphatic rings. The number of rotatable bonds is 2. The largest absolute Gasteiger partial charge is 0.483 e. The summed E-state index contributed by atoms with van der Waals surface area (Å²) in [6.07, 6.45) is 2.00. The van der Waals surface area contributed by atoms with Crippen LogP contribution in [0, 0.1) is 0 Å². The van der Waals surface area contributed by atoms with Gasteiger partial charge >= 0.3 is 0 Å². The fraction of sp³-hybridized carbons (Fsp3) is 0.500. The standard InChI is InChI=1S/C12H16ClNO/c1-3-12(4-2)8-14-11-9(13)6-5-7-10(11)15-12/h5-7,14H,3-4,8H2,1-2H3. The molecule has 1 heterocycles. The molecule has 0 saturated carbocycles. The summed E-state index contributed by atoms with van der Waals surface area (Å²) in [5.41, 5.74) is 0.856. The predicted molar refractivity (Wildman–Crippen MR) is 63.9 cm³/mol. The van der Waals surface area contributed by atoms with E-state index in [4.69, 9.17) is 16.3 Å². The van der Waals surface area contributed by atoms with Crippen LogP contribution in [0.1, 0.15) is 26.7 Å². The second-order valence-corrected chi connectivity index (χ2v) is 4.37. The van der Waals surface area contributed by atoms with Gasteiger partial charge in [-0.3, -0.25) is 0 Å². The van der Waals surface area contributed by atoms with E-state index in [-0.39, 0.29) is 5.60 Å². The Hall–Kier alpha value is -0.890. The molecule has 1 aliphatic heterocycles. The first-order valence-corrected chi connectivity index (χ1v) is 5.80. The Balaban J connectivity index is 2.34. The molecule has 0 bridgehead atoms. The van der Waals surface area contributed by atoms with Crippen molar-refractivity contribution in [1.29, 1.82) is 0 Å². The lowest BCUT2D eigenvalue weighted by Gasteiger charge is -2.38. The summed E-state index contributed by atoms with van der Waals surface area (Å²) >= 11 is 6.08. The lowest BCUT2D eigenvalue weighted by molar-refractivity contribution is 0.0671. The van der Waals surface area contributed by atoms with Gasteiger partial charge in [-0.05, 0) is 25.0 Å². The normalized spacial score (nSPS) is 17.5. The third kappa shape index (κ3) is 1.78. The van der Waals surface area contributed by atoms with Crippen molar-refractivity contribution in [1.82, 2.24) is 0 Å². The van der Waals surface area contributed by atoms with Crippen LogP contribution in [0.4, 0.5) is 5.69 Å². The second-order valence-electron chi connectivity index (χ2n) is 3.96. The van der Waals surface area contributed by atoms with Gasteiger partial charge in [-0.25, -0.2) is 0 Å². The fourth-order valence-electron chi connectivity index (χ4n) is 1.92. The van der Waals surface area contributed by atoms with Crippen molar-refractivity contribution >= 4 is 17.3 Å². The van der Waals surface area contributed by atoms with Crippen molar-refractivity contribution in [2.75, 3.05) is 11.9 Å². The number of hydrogen-bond acceptors (Lipinski definition) is 2. The zero-order valence-electron chi connectivity index (χ0n) is 9.14. The van der Waals surface area contributed by atoms with E-state index in [0.29, 0.717) is 0 Å². The van der Waals surface area contributed by atoms with E-state index in [1.54, 1.807) is 0 Å². The Bertz CT molecular complexity index is 361. The minimum Gasteiger partial charge on any atom is -0.483 e.